The van der Waals surface area contributed by atoms with Gasteiger partial charge in [0.15, 0.2) is 0 Å². The Morgan fingerprint density at radius 3 is 2.31 bits per heavy atom. The van der Waals surface area contributed by atoms with Gasteiger partial charge < -0.3 is 15.0 Å². The summed E-state index contributed by atoms with van der Waals surface area (Å²) in [7, 11) is 1.66. The number of methoxy groups -OCH3 is 1. The highest BCUT2D eigenvalue weighted by molar-refractivity contribution is 5.74. The minimum Gasteiger partial charge on any atom is -0.496 e. The Balaban J connectivity index is 1.46. The normalized spacial score (nSPS) is 14.4. The molecule has 1 heterocycles. The quantitative estimate of drug-likeness (QED) is 0.404. The van der Waals surface area contributed by atoms with Crippen molar-refractivity contribution in [2.75, 3.05) is 26.7 Å². The summed E-state index contributed by atoms with van der Waals surface area (Å²) in [6.07, 6.45) is 2.12. The van der Waals surface area contributed by atoms with E-state index in [1.54, 1.807) is 7.11 Å². The Labute approximate surface area is 213 Å². The number of carbonyl (C=O) groups is 1. The molecule has 0 spiro atoms. The van der Waals surface area contributed by atoms with Crippen molar-refractivity contribution in [1.29, 1.82) is 0 Å². The summed E-state index contributed by atoms with van der Waals surface area (Å²) in [6.45, 7) is 6.37. The maximum atomic E-state index is 13.2. The number of para-hydroxylation sites is 1. The number of hydrogen-bond acceptors (Lipinski definition) is 3. The minimum absolute atomic E-state index is 0.0765. The fourth-order valence-electron chi connectivity index (χ4n) is 5.03. The van der Waals surface area contributed by atoms with E-state index in [4.69, 9.17) is 4.74 Å². The molecule has 1 aliphatic heterocycles. The number of rotatable bonds is 9. The average Bonchev–Trinajstić information content (AvgIpc) is 2.91. The first-order valence-electron chi connectivity index (χ1n) is 12.8. The zero-order valence-corrected chi connectivity index (χ0v) is 21.3. The van der Waals surface area contributed by atoms with Gasteiger partial charge in [0.2, 0.25) is 0 Å². The van der Waals surface area contributed by atoms with Gasteiger partial charge in [-0.15, -0.1) is 0 Å². The summed E-state index contributed by atoms with van der Waals surface area (Å²) in [5.74, 6) is 1.04. The average molecular weight is 490 g/mol. The third kappa shape index (κ3) is 6.64. The first-order chi connectivity index (χ1) is 17.6. The van der Waals surface area contributed by atoms with Crippen LogP contribution >= 0.6 is 0 Å². The van der Waals surface area contributed by atoms with Gasteiger partial charge >= 0.3 is 6.03 Å². The number of ether oxygens (including phenoxy) is 1. The van der Waals surface area contributed by atoms with Crippen LogP contribution in [0.2, 0.25) is 0 Å². The van der Waals surface area contributed by atoms with Crippen molar-refractivity contribution >= 4 is 6.03 Å². The molecule has 3 aromatic rings. The molecule has 5 nitrogen and oxygen atoms in total. The van der Waals surface area contributed by atoms with Crippen molar-refractivity contribution in [3.05, 3.63) is 101 Å². The van der Waals surface area contributed by atoms with Gasteiger partial charge in [0, 0.05) is 25.2 Å². The predicted molar refractivity (Wildman–Crippen MR) is 141 cm³/mol. The van der Waals surface area contributed by atoms with Crippen LogP contribution in [0.5, 0.6) is 5.75 Å². The third-order valence-electron chi connectivity index (χ3n) is 6.93. The Bertz CT molecular complexity index is 1130. The smallest absolute Gasteiger partial charge is 0.317 e. The van der Waals surface area contributed by atoms with Crippen LogP contribution in [0.4, 0.5) is 9.18 Å². The molecule has 3 aromatic carbocycles. The highest BCUT2D eigenvalue weighted by Crippen LogP contribution is 2.32. The summed E-state index contributed by atoms with van der Waals surface area (Å²) in [6, 6.07) is 23.1. The predicted octanol–water partition coefficient (Wildman–Crippen LogP) is 5.95. The highest BCUT2D eigenvalue weighted by atomic mass is 19.1. The first kappa shape index (κ1) is 25.7. The zero-order valence-electron chi connectivity index (χ0n) is 21.3. The number of nitrogens with one attached hydrogen (secondary N) is 1. The number of urea groups is 1. The topological polar surface area (TPSA) is 44.8 Å². The number of hydrogen-bond donors (Lipinski definition) is 1. The number of benzene rings is 3. The summed E-state index contributed by atoms with van der Waals surface area (Å²) in [4.78, 5) is 17.3. The Hall–Kier alpha value is -3.38. The fourth-order valence-corrected chi connectivity index (χ4v) is 5.03. The highest BCUT2D eigenvalue weighted by Gasteiger charge is 2.24. The van der Waals surface area contributed by atoms with E-state index in [1.807, 2.05) is 48.2 Å². The molecule has 36 heavy (non-hydrogen) atoms. The maximum absolute atomic E-state index is 13.2. The molecule has 4 rings (SSSR count). The molecule has 0 aromatic heterocycles. The number of halogens is 1. The molecule has 1 N–H and O–H groups in total. The first-order valence-corrected chi connectivity index (χ1v) is 12.8. The van der Waals surface area contributed by atoms with Crippen molar-refractivity contribution in [3.8, 4) is 5.75 Å². The van der Waals surface area contributed by atoms with Crippen LogP contribution in [-0.4, -0.2) is 42.6 Å². The lowest BCUT2D eigenvalue weighted by Gasteiger charge is -2.34. The molecular formula is C30H36FN3O2. The van der Waals surface area contributed by atoms with E-state index in [-0.39, 0.29) is 11.8 Å². The molecule has 0 atom stereocenters. The van der Waals surface area contributed by atoms with Crippen molar-refractivity contribution in [3.63, 3.8) is 0 Å². The summed E-state index contributed by atoms with van der Waals surface area (Å²) in [5, 5.41) is 2.97. The van der Waals surface area contributed by atoms with E-state index in [9.17, 15) is 9.18 Å². The van der Waals surface area contributed by atoms with Crippen LogP contribution in [0.3, 0.4) is 0 Å². The van der Waals surface area contributed by atoms with Crippen molar-refractivity contribution in [2.24, 2.45) is 0 Å². The van der Waals surface area contributed by atoms with Gasteiger partial charge in [-0.2, -0.15) is 0 Å². The number of likely N-dealkylation sites (tertiary alicyclic amines) is 1. The van der Waals surface area contributed by atoms with Gasteiger partial charge in [0.1, 0.15) is 11.6 Å². The third-order valence-corrected chi connectivity index (χ3v) is 6.93. The number of nitrogens with zero attached hydrogens (tertiary/aromatic N) is 2. The van der Waals surface area contributed by atoms with Crippen molar-refractivity contribution in [2.45, 2.75) is 45.3 Å². The number of amides is 2. The van der Waals surface area contributed by atoms with E-state index in [2.05, 4.69) is 34.5 Å². The molecule has 0 saturated carbocycles. The molecule has 2 amide bonds. The maximum Gasteiger partial charge on any atom is 0.317 e. The van der Waals surface area contributed by atoms with Gasteiger partial charge in [-0.1, -0.05) is 54.6 Å². The van der Waals surface area contributed by atoms with Crippen LogP contribution in [0.25, 0.3) is 0 Å². The summed E-state index contributed by atoms with van der Waals surface area (Å²) < 4.78 is 18.8. The lowest BCUT2D eigenvalue weighted by Crippen LogP contribution is -2.39. The molecule has 0 radical (unpaired) electrons. The van der Waals surface area contributed by atoms with Gasteiger partial charge in [-0.25, -0.2) is 9.18 Å². The van der Waals surface area contributed by atoms with Gasteiger partial charge in [-0.3, -0.25) is 4.90 Å². The van der Waals surface area contributed by atoms with Gasteiger partial charge in [0.25, 0.3) is 0 Å². The Kier molecular flexibility index (Phi) is 8.95. The largest absolute Gasteiger partial charge is 0.496 e. The van der Waals surface area contributed by atoms with Crippen molar-refractivity contribution < 1.29 is 13.9 Å². The zero-order chi connectivity index (χ0) is 25.3. The van der Waals surface area contributed by atoms with Crippen LogP contribution < -0.4 is 10.1 Å². The molecule has 6 heteroatoms. The Morgan fingerprint density at radius 2 is 1.61 bits per heavy atom. The van der Waals surface area contributed by atoms with E-state index >= 15 is 0 Å². The van der Waals surface area contributed by atoms with E-state index in [0.29, 0.717) is 25.6 Å². The lowest BCUT2D eigenvalue weighted by atomic mass is 9.86. The molecule has 0 bridgehead atoms. The van der Waals surface area contributed by atoms with Crippen LogP contribution in [0, 0.1) is 5.82 Å². The van der Waals surface area contributed by atoms with E-state index in [1.165, 1.54) is 23.3 Å². The van der Waals surface area contributed by atoms with E-state index in [0.717, 1.165) is 49.4 Å². The van der Waals surface area contributed by atoms with Gasteiger partial charge in [0.05, 0.1) is 13.7 Å². The monoisotopic (exact) mass is 489 g/mol. The molecule has 0 unspecified atom stereocenters. The fraction of sp³-hybridized carbons (Fsp3) is 0.367. The lowest BCUT2D eigenvalue weighted by molar-refractivity contribution is 0.190. The van der Waals surface area contributed by atoms with Crippen LogP contribution in [0.15, 0.2) is 72.8 Å². The molecule has 190 valence electrons. The molecule has 1 saturated heterocycles. The second kappa shape index (κ2) is 12.5. The summed E-state index contributed by atoms with van der Waals surface area (Å²) >= 11 is 0. The van der Waals surface area contributed by atoms with Gasteiger partial charge in [-0.05, 0) is 73.7 Å². The second-order valence-electron chi connectivity index (χ2n) is 9.38. The molecular weight excluding hydrogens is 453 g/mol. The molecule has 1 aliphatic rings. The van der Waals surface area contributed by atoms with Crippen LogP contribution in [-0.2, 0) is 19.6 Å². The van der Waals surface area contributed by atoms with Crippen molar-refractivity contribution in [1.82, 2.24) is 15.1 Å². The van der Waals surface area contributed by atoms with Crippen LogP contribution in [0.1, 0.15) is 47.9 Å². The van der Waals surface area contributed by atoms with E-state index < -0.39 is 0 Å². The minimum atomic E-state index is -0.193. The number of piperidine rings is 1. The summed E-state index contributed by atoms with van der Waals surface area (Å²) in [5.41, 5.74) is 4.64. The number of carbonyl (C=O) groups excluding carboxylic acids is 1. The standard InChI is InChI=1S/C30H36FN3O2/c1-3-32-30(35)34(22-26-9-5-7-11-29(26)36-2)21-25-8-4-6-10-28(25)24-16-18-33(19-17-24)20-23-12-14-27(31)15-13-23/h4-15,24H,3,16-22H2,1-2H3,(H,32,35). The molecule has 1 fully saturated rings. The SMILES string of the molecule is CCNC(=O)N(Cc1ccccc1OC)Cc1ccccc1C1CCN(Cc2ccc(F)cc2)CC1. The second-order valence-corrected chi connectivity index (χ2v) is 9.38. The molecule has 0 aliphatic carbocycles. The Morgan fingerprint density at radius 1 is 0.972 bits per heavy atom.